The molecule has 0 aromatic rings. The normalized spacial score (nSPS) is 22.9. The number of hydrogen-bond acceptors (Lipinski definition) is 4. The van der Waals surface area contributed by atoms with Gasteiger partial charge in [-0.2, -0.15) is 0 Å². The van der Waals surface area contributed by atoms with Crippen LogP contribution < -0.4 is 16.0 Å². The fraction of sp³-hybridized carbons (Fsp3) is 0.889. The van der Waals surface area contributed by atoms with Crippen molar-refractivity contribution < 1.29 is 9.53 Å². The van der Waals surface area contributed by atoms with Crippen molar-refractivity contribution in [3.05, 3.63) is 0 Å². The maximum atomic E-state index is 11.6. The minimum absolute atomic E-state index is 0.389. The van der Waals surface area contributed by atoms with Crippen LogP contribution in [0.2, 0.25) is 0 Å². The fourth-order valence-corrected chi connectivity index (χ4v) is 3.55. The quantitative estimate of drug-likeness (QED) is 0.398. The van der Waals surface area contributed by atoms with Gasteiger partial charge in [-0.3, -0.25) is 9.89 Å². The number of aliphatic imine (C=N–C) groups is 1. The highest BCUT2D eigenvalue weighted by Crippen LogP contribution is 2.26. The highest BCUT2D eigenvalue weighted by molar-refractivity contribution is 5.80. The fourth-order valence-electron chi connectivity index (χ4n) is 3.55. The molecule has 2 rings (SSSR count). The zero-order chi connectivity index (χ0) is 18.3. The van der Waals surface area contributed by atoms with Crippen LogP contribution in [-0.4, -0.2) is 67.9 Å². The summed E-state index contributed by atoms with van der Waals surface area (Å²) in [4.78, 5) is 18.5. The molecule has 1 amide bonds. The lowest BCUT2D eigenvalue weighted by Gasteiger charge is -2.24. The van der Waals surface area contributed by atoms with Gasteiger partial charge in [-0.1, -0.05) is 12.8 Å². The van der Waals surface area contributed by atoms with E-state index in [1.165, 1.54) is 32.2 Å². The number of guanidine groups is 1. The van der Waals surface area contributed by atoms with E-state index in [0.717, 1.165) is 25.0 Å². The standard InChI is InChI=1S/C18H35N5O2/c1-18(2,3)25-17(24)21-11-10-20-16(19-4)22-14-9-12-23(13-14)15-7-5-6-8-15/h14-15H,5-13H2,1-4H3,(H,21,24)(H2,19,20,22). The Labute approximate surface area is 152 Å². The molecule has 2 aliphatic rings. The Morgan fingerprint density at radius 3 is 2.48 bits per heavy atom. The summed E-state index contributed by atoms with van der Waals surface area (Å²) in [5, 5.41) is 9.49. The first-order chi connectivity index (χ1) is 11.9. The Balaban J connectivity index is 1.62. The average molecular weight is 354 g/mol. The van der Waals surface area contributed by atoms with Crippen LogP contribution in [0.4, 0.5) is 4.79 Å². The van der Waals surface area contributed by atoms with Crippen molar-refractivity contribution in [1.82, 2.24) is 20.9 Å². The molecule has 3 N–H and O–H groups in total. The van der Waals surface area contributed by atoms with Crippen LogP contribution in [0, 0.1) is 0 Å². The molecule has 0 aromatic heterocycles. The molecular weight excluding hydrogens is 318 g/mol. The molecule has 7 nitrogen and oxygen atoms in total. The number of ether oxygens (including phenoxy) is 1. The molecule has 1 atom stereocenters. The van der Waals surface area contributed by atoms with Crippen LogP contribution in [0.25, 0.3) is 0 Å². The highest BCUT2D eigenvalue weighted by atomic mass is 16.6. The zero-order valence-electron chi connectivity index (χ0n) is 16.2. The van der Waals surface area contributed by atoms with Crippen molar-refractivity contribution in [3.63, 3.8) is 0 Å². The molecule has 1 saturated carbocycles. The van der Waals surface area contributed by atoms with Gasteiger partial charge in [0.15, 0.2) is 5.96 Å². The summed E-state index contributed by atoms with van der Waals surface area (Å²) in [5.74, 6) is 0.796. The molecular formula is C18H35N5O2. The maximum Gasteiger partial charge on any atom is 0.407 e. The number of likely N-dealkylation sites (tertiary alicyclic amines) is 1. The second-order valence-corrected chi connectivity index (χ2v) is 7.99. The van der Waals surface area contributed by atoms with Gasteiger partial charge >= 0.3 is 6.09 Å². The third kappa shape index (κ3) is 7.10. The minimum atomic E-state index is -0.469. The first-order valence-electron chi connectivity index (χ1n) is 9.55. The number of alkyl carbamates (subject to hydrolysis) is 1. The third-order valence-corrected chi connectivity index (χ3v) is 4.71. The van der Waals surface area contributed by atoms with Gasteiger partial charge < -0.3 is 20.7 Å². The molecule has 1 aliphatic heterocycles. The van der Waals surface area contributed by atoms with Crippen molar-refractivity contribution in [3.8, 4) is 0 Å². The smallest absolute Gasteiger partial charge is 0.407 e. The van der Waals surface area contributed by atoms with E-state index in [4.69, 9.17) is 4.74 Å². The number of amides is 1. The van der Waals surface area contributed by atoms with Gasteiger partial charge in [0.1, 0.15) is 5.60 Å². The van der Waals surface area contributed by atoms with E-state index < -0.39 is 5.60 Å². The van der Waals surface area contributed by atoms with E-state index in [9.17, 15) is 4.79 Å². The summed E-state index contributed by atoms with van der Waals surface area (Å²) in [5.41, 5.74) is -0.469. The molecule has 7 heteroatoms. The summed E-state index contributed by atoms with van der Waals surface area (Å²) in [7, 11) is 1.78. The number of nitrogens with zero attached hydrogens (tertiary/aromatic N) is 2. The Kier molecular flexibility index (Phi) is 7.35. The Bertz CT molecular complexity index is 455. The van der Waals surface area contributed by atoms with Crippen molar-refractivity contribution >= 4 is 12.1 Å². The van der Waals surface area contributed by atoms with Gasteiger partial charge in [0.25, 0.3) is 0 Å². The van der Waals surface area contributed by atoms with E-state index in [0.29, 0.717) is 19.1 Å². The summed E-state index contributed by atoms with van der Waals surface area (Å²) in [6.45, 7) is 8.95. The van der Waals surface area contributed by atoms with Gasteiger partial charge in [-0.05, 0) is 40.0 Å². The first kappa shape index (κ1) is 19.8. The van der Waals surface area contributed by atoms with Crippen molar-refractivity contribution in [1.29, 1.82) is 0 Å². The molecule has 0 radical (unpaired) electrons. The first-order valence-corrected chi connectivity index (χ1v) is 9.55. The molecule has 0 aromatic carbocycles. The third-order valence-electron chi connectivity index (χ3n) is 4.71. The lowest BCUT2D eigenvalue weighted by atomic mass is 10.2. The van der Waals surface area contributed by atoms with E-state index in [1.807, 2.05) is 20.8 Å². The zero-order valence-corrected chi connectivity index (χ0v) is 16.2. The van der Waals surface area contributed by atoms with Crippen LogP contribution in [0.3, 0.4) is 0 Å². The van der Waals surface area contributed by atoms with Crippen LogP contribution in [-0.2, 0) is 4.74 Å². The Morgan fingerprint density at radius 2 is 1.84 bits per heavy atom. The molecule has 1 aliphatic carbocycles. The van der Waals surface area contributed by atoms with E-state index in [1.54, 1.807) is 7.05 Å². The van der Waals surface area contributed by atoms with Crippen LogP contribution in [0.15, 0.2) is 4.99 Å². The SMILES string of the molecule is CN=C(NCCNC(=O)OC(C)(C)C)NC1CCN(C2CCCC2)C1. The van der Waals surface area contributed by atoms with Gasteiger partial charge in [0.05, 0.1) is 0 Å². The van der Waals surface area contributed by atoms with Crippen molar-refractivity contribution in [2.24, 2.45) is 4.99 Å². The molecule has 25 heavy (non-hydrogen) atoms. The van der Waals surface area contributed by atoms with E-state index in [-0.39, 0.29) is 6.09 Å². The van der Waals surface area contributed by atoms with E-state index >= 15 is 0 Å². The number of hydrogen-bond donors (Lipinski definition) is 3. The predicted molar refractivity (Wildman–Crippen MR) is 101 cm³/mol. The highest BCUT2D eigenvalue weighted by Gasteiger charge is 2.30. The average Bonchev–Trinajstić information content (AvgIpc) is 3.19. The lowest BCUT2D eigenvalue weighted by Crippen LogP contribution is -2.47. The van der Waals surface area contributed by atoms with Crippen molar-refractivity contribution in [2.45, 2.75) is 70.6 Å². The Hall–Kier alpha value is -1.50. The molecule has 2 fully saturated rings. The largest absolute Gasteiger partial charge is 0.444 e. The van der Waals surface area contributed by atoms with Crippen LogP contribution >= 0.6 is 0 Å². The van der Waals surface area contributed by atoms with Crippen LogP contribution in [0.1, 0.15) is 52.9 Å². The van der Waals surface area contributed by atoms with E-state index in [2.05, 4.69) is 25.8 Å². The molecule has 144 valence electrons. The van der Waals surface area contributed by atoms with Gasteiger partial charge in [-0.25, -0.2) is 4.79 Å². The summed E-state index contributed by atoms with van der Waals surface area (Å²) in [6.07, 6.45) is 6.25. The number of rotatable bonds is 5. The summed E-state index contributed by atoms with van der Waals surface area (Å²) in [6, 6.07) is 1.24. The molecule has 1 heterocycles. The van der Waals surface area contributed by atoms with Crippen molar-refractivity contribution in [2.75, 3.05) is 33.2 Å². The lowest BCUT2D eigenvalue weighted by molar-refractivity contribution is 0.0529. The predicted octanol–water partition coefficient (Wildman–Crippen LogP) is 1.69. The summed E-state index contributed by atoms with van der Waals surface area (Å²) >= 11 is 0. The van der Waals surface area contributed by atoms with Gasteiger partial charge in [0, 0.05) is 45.3 Å². The molecule has 0 bridgehead atoms. The molecule has 0 spiro atoms. The van der Waals surface area contributed by atoms with Gasteiger partial charge in [0.2, 0.25) is 0 Å². The topological polar surface area (TPSA) is 78.0 Å². The molecule has 1 saturated heterocycles. The maximum absolute atomic E-state index is 11.6. The monoisotopic (exact) mass is 353 g/mol. The summed E-state index contributed by atoms with van der Waals surface area (Å²) < 4.78 is 5.21. The minimum Gasteiger partial charge on any atom is -0.444 e. The number of carbonyl (C=O) groups is 1. The number of carbonyl (C=O) groups excluding carboxylic acids is 1. The Morgan fingerprint density at radius 1 is 1.16 bits per heavy atom. The second kappa shape index (κ2) is 9.27. The second-order valence-electron chi connectivity index (χ2n) is 7.99. The van der Waals surface area contributed by atoms with Gasteiger partial charge in [-0.15, -0.1) is 0 Å². The van der Waals surface area contributed by atoms with Crippen LogP contribution in [0.5, 0.6) is 0 Å². The number of nitrogens with one attached hydrogen (secondary N) is 3. The molecule has 1 unspecified atom stereocenters.